The van der Waals surface area contributed by atoms with Gasteiger partial charge in [0.15, 0.2) is 0 Å². The smallest absolute Gasteiger partial charge is 0.0979 e. The number of nitrogens with zero attached hydrogens (tertiary/aromatic N) is 4. The molecule has 3 aromatic heterocycles. The number of fused-ring (bicyclic) bond motifs is 9. The zero-order chi connectivity index (χ0) is 48.1. The first-order chi connectivity index (χ1) is 36.0. The average molecular weight is 937 g/mol. The van der Waals surface area contributed by atoms with Gasteiger partial charge in [0, 0.05) is 50.7 Å². The molecule has 4 fully saturated rings. The maximum atomic E-state index is 5.44. The number of hydrogen-bond donors (Lipinski definition) is 0. The van der Waals surface area contributed by atoms with Crippen LogP contribution in [0.15, 0.2) is 194 Å². The first kappa shape index (κ1) is 41.4. The second-order valence-electron chi connectivity index (χ2n) is 22.0. The van der Waals surface area contributed by atoms with E-state index >= 15 is 0 Å². The molecule has 0 N–H and O–H groups in total. The van der Waals surface area contributed by atoms with Gasteiger partial charge >= 0.3 is 0 Å². The van der Waals surface area contributed by atoms with Gasteiger partial charge in [-0.25, -0.2) is 9.97 Å². The Morgan fingerprint density at radius 2 is 1.12 bits per heavy atom. The summed E-state index contributed by atoms with van der Waals surface area (Å²) in [5.41, 5.74) is 23.1. The van der Waals surface area contributed by atoms with Crippen LogP contribution in [0.2, 0.25) is 0 Å². The minimum atomic E-state index is -0.0317. The van der Waals surface area contributed by atoms with Crippen LogP contribution < -0.4 is 0 Å². The maximum absolute atomic E-state index is 5.44. The van der Waals surface area contributed by atoms with E-state index in [1.54, 1.807) is 11.1 Å². The highest BCUT2D eigenvalue weighted by molar-refractivity contribution is 6.18. The van der Waals surface area contributed by atoms with E-state index in [0.717, 1.165) is 56.3 Å². The zero-order valence-corrected chi connectivity index (χ0v) is 41.1. The lowest BCUT2D eigenvalue weighted by Gasteiger charge is -2.61. The van der Waals surface area contributed by atoms with Gasteiger partial charge in [-0.05, 0) is 184 Å². The summed E-state index contributed by atoms with van der Waals surface area (Å²) in [7, 11) is 0. The molecule has 0 aliphatic heterocycles. The molecule has 0 atom stereocenters. The van der Waals surface area contributed by atoms with Crippen molar-refractivity contribution in [2.24, 2.45) is 23.7 Å². The molecule has 9 aromatic carbocycles. The molecule has 348 valence electrons. The lowest BCUT2D eigenvalue weighted by Crippen LogP contribution is -2.55. The van der Waals surface area contributed by atoms with Crippen molar-refractivity contribution in [1.82, 2.24) is 19.5 Å². The molecule has 1 spiro atoms. The summed E-state index contributed by atoms with van der Waals surface area (Å²) in [4.78, 5) is 15.3. The number of para-hydroxylation sites is 2. The van der Waals surface area contributed by atoms with Crippen LogP contribution in [0.1, 0.15) is 54.4 Å². The topological polar surface area (TPSA) is 43.6 Å². The van der Waals surface area contributed by atoms with Crippen molar-refractivity contribution in [2.75, 3.05) is 0 Å². The van der Waals surface area contributed by atoms with E-state index in [0.29, 0.717) is 11.8 Å². The minimum absolute atomic E-state index is 0.0317. The number of aryl methyl sites for hydroxylation is 2. The molecule has 73 heavy (non-hydrogen) atoms. The molecular formula is C69H52N4. The molecule has 4 heteroatoms. The van der Waals surface area contributed by atoms with Crippen molar-refractivity contribution in [3.63, 3.8) is 0 Å². The van der Waals surface area contributed by atoms with Crippen molar-refractivity contribution in [3.8, 4) is 61.6 Å². The standard InChI is InChI=1S/C69H52N4/c1-40-26-27-46(29-41(40)2)51-18-10-22-59-66(51)58-37-57-56-36-55-45(15-8-17-50(55)47-16-12-28-70-39-47)35-64(56)73(65(57)38-60(58)69(59)48-31-42-30-43(33-48)34-49(69)32-42)63-25-11-19-52-53(63)20-9-21-54(52)68-67(44-13-4-3-5-14-44)71-61-23-6-7-24-62(61)72-68/h3-29,35-39,42-43,48-49H,30-34H2,1-2H3. The van der Waals surface area contributed by atoms with Gasteiger partial charge in [0.25, 0.3) is 0 Å². The molecule has 5 aliphatic carbocycles. The molecule has 0 unspecified atom stereocenters. The highest BCUT2D eigenvalue weighted by Gasteiger charge is 2.62. The monoisotopic (exact) mass is 936 g/mol. The molecule has 0 saturated heterocycles. The van der Waals surface area contributed by atoms with Crippen molar-refractivity contribution >= 4 is 54.4 Å². The first-order valence-electron chi connectivity index (χ1n) is 26.5. The van der Waals surface area contributed by atoms with E-state index in [-0.39, 0.29) is 5.41 Å². The van der Waals surface area contributed by atoms with Gasteiger partial charge in [0.2, 0.25) is 0 Å². The summed E-state index contributed by atoms with van der Waals surface area (Å²) in [5.74, 6) is 2.95. The van der Waals surface area contributed by atoms with Gasteiger partial charge < -0.3 is 4.57 Å². The predicted octanol–water partition coefficient (Wildman–Crippen LogP) is 17.4. The van der Waals surface area contributed by atoms with Gasteiger partial charge in [-0.3, -0.25) is 4.98 Å². The molecular weight excluding hydrogens is 885 g/mol. The van der Waals surface area contributed by atoms with E-state index < -0.39 is 0 Å². The Balaban J connectivity index is 1.02. The Hall–Kier alpha value is -8.21. The summed E-state index contributed by atoms with van der Waals surface area (Å²) in [6, 6.07) is 68.3. The number of benzene rings is 9. The molecule has 4 saturated carbocycles. The van der Waals surface area contributed by atoms with Crippen LogP contribution in [0.25, 0.3) is 116 Å². The summed E-state index contributed by atoms with van der Waals surface area (Å²) in [5, 5.41) is 7.34. The fourth-order valence-electron chi connectivity index (χ4n) is 15.4. The zero-order valence-electron chi connectivity index (χ0n) is 41.1. The fraction of sp³-hybridized carbons (Fsp3) is 0.174. The lowest BCUT2D eigenvalue weighted by atomic mass is 9.43. The Morgan fingerprint density at radius 1 is 0.438 bits per heavy atom. The number of hydrogen-bond acceptors (Lipinski definition) is 3. The van der Waals surface area contributed by atoms with Crippen LogP contribution in [0.5, 0.6) is 0 Å². The van der Waals surface area contributed by atoms with Crippen LogP contribution >= 0.6 is 0 Å². The number of rotatable bonds is 5. The van der Waals surface area contributed by atoms with E-state index in [1.807, 2.05) is 24.5 Å². The van der Waals surface area contributed by atoms with Gasteiger partial charge in [-0.1, -0.05) is 133 Å². The maximum Gasteiger partial charge on any atom is 0.0979 e. The highest BCUT2D eigenvalue weighted by atomic mass is 15.0. The van der Waals surface area contributed by atoms with E-state index in [2.05, 4.69) is 193 Å². The van der Waals surface area contributed by atoms with Crippen LogP contribution in [0.3, 0.4) is 0 Å². The predicted molar refractivity (Wildman–Crippen MR) is 301 cm³/mol. The van der Waals surface area contributed by atoms with Crippen LogP contribution in [-0.4, -0.2) is 19.5 Å². The molecule has 0 amide bonds. The molecule has 17 rings (SSSR count). The SMILES string of the molecule is Cc1ccc(-c2cccc3c2-c2cc4c5cc6c(-c7cccnc7)cccc6cc5n(-c5cccc6c(-c7nc8ccccc8nc7-c7ccccc7)cccc56)c4cc2C32C3CC4CC(C3)CC2C4)cc1C. The quantitative estimate of drug-likeness (QED) is 0.173. The Morgan fingerprint density at radius 3 is 1.92 bits per heavy atom. The molecule has 12 aromatic rings. The third-order valence-corrected chi connectivity index (χ3v) is 18.4. The summed E-state index contributed by atoms with van der Waals surface area (Å²) in [6.45, 7) is 4.50. The lowest BCUT2D eigenvalue weighted by molar-refractivity contribution is -0.0398. The van der Waals surface area contributed by atoms with Crippen LogP contribution in [0.4, 0.5) is 0 Å². The average Bonchev–Trinajstić information content (AvgIpc) is 3.91. The summed E-state index contributed by atoms with van der Waals surface area (Å²) in [6.07, 6.45) is 10.6. The van der Waals surface area contributed by atoms with Crippen molar-refractivity contribution in [2.45, 2.75) is 51.4 Å². The van der Waals surface area contributed by atoms with Gasteiger partial charge in [-0.15, -0.1) is 0 Å². The minimum Gasteiger partial charge on any atom is -0.309 e. The van der Waals surface area contributed by atoms with Crippen molar-refractivity contribution in [1.29, 1.82) is 0 Å². The van der Waals surface area contributed by atoms with Crippen molar-refractivity contribution < 1.29 is 0 Å². The van der Waals surface area contributed by atoms with E-state index in [9.17, 15) is 0 Å². The third-order valence-electron chi connectivity index (χ3n) is 18.4. The fourth-order valence-corrected chi connectivity index (χ4v) is 15.4. The number of pyridine rings is 1. The Bertz CT molecular complexity index is 4270. The Labute approximate surface area is 425 Å². The first-order valence-corrected chi connectivity index (χ1v) is 26.5. The molecule has 4 bridgehead atoms. The second-order valence-corrected chi connectivity index (χ2v) is 22.0. The third kappa shape index (κ3) is 5.86. The molecule has 4 nitrogen and oxygen atoms in total. The second kappa shape index (κ2) is 15.4. The Kier molecular flexibility index (Phi) is 8.74. The highest BCUT2D eigenvalue weighted by Crippen LogP contribution is 2.70. The normalized spacial score (nSPS) is 20.5. The molecule has 0 radical (unpaired) electrons. The van der Waals surface area contributed by atoms with Gasteiger partial charge in [0.1, 0.15) is 0 Å². The van der Waals surface area contributed by atoms with Crippen molar-refractivity contribution in [3.05, 3.63) is 217 Å². The molecule has 3 heterocycles. The number of aromatic nitrogens is 4. The summed E-state index contributed by atoms with van der Waals surface area (Å²) >= 11 is 0. The largest absolute Gasteiger partial charge is 0.309 e. The molecule has 5 aliphatic rings. The van der Waals surface area contributed by atoms with Gasteiger partial charge in [0.05, 0.1) is 39.1 Å². The van der Waals surface area contributed by atoms with Crippen LogP contribution in [-0.2, 0) is 5.41 Å². The summed E-state index contributed by atoms with van der Waals surface area (Å²) < 4.78 is 2.63. The van der Waals surface area contributed by atoms with Crippen LogP contribution in [0, 0.1) is 37.5 Å². The van der Waals surface area contributed by atoms with Gasteiger partial charge in [-0.2, -0.15) is 0 Å². The van der Waals surface area contributed by atoms with E-state index in [4.69, 9.17) is 9.97 Å². The van der Waals surface area contributed by atoms with E-state index in [1.165, 1.54) is 115 Å².